The lowest BCUT2D eigenvalue weighted by Gasteiger charge is -2.27. The van der Waals surface area contributed by atoms with Gasteiger partial charge in [-0.05, 0) is 67.1 Å². The summed E-state index contributed by atoms with van der Waals surface area (Å²) in [4.78, 5) is 0. The molecule has 1 N–H and O–H groups in total. The van der Waals surface area contributed by atoms with Crippen molar-refractivity contribution in [3.63, 3.8) is 0 Å². The number of aryl methyl sites for hydroxylation is 2. The number of hydrogen-bond acceptors (Lipinski definition) is 2. The molecule has 0 saturated carbocycles. The van der Waals surface area contributed by atoms with Gasteiger partial charge < -0.3 is 10.1 Å². The predicted molar refractivity (Wildman–Crippen MR) is 83.4 cm³/mol. The molecule has 0 fully saturated rings. The average Bonchev–Trinajstić information content (AvgIpc) is 2.51. The number of benzene rings is 2. The highest BCUT2D eigenvalue weighted by atomic mass is 19.1. The summed E-state index contributed by atoms with van der Waals surface area (Å²) in [5, 5.41) is 3.46. The van der Waals surface area contributed by atoms with Crippen molar-refractivity contribution in [3.05, 3.63) is 58.9 Å². The van der Waals surface area contributed by atoms with Crippen molar-refractivity contribution in [2.45, 2.75) is 32.2 Å². The molecule has 1 atom stereocenters. The second-order valence-electron chi connectivity index (χ2n) is 5.62. The first-order valence-electron chi connectivity index (χ1n) is 7.37. The molecule has 3 rings (SSSR count). The van der Waals surface area contributed by atoms with Crippen LogP contribution in [0.4, 0.5) is 10.1 Å². The molecule has 0 radical (unpaired) electrons. The summed E-state index contributed by atoms with van der Waals surface area (Å²) in [6.07, 6.45) is 3.29. The summed E-state index contributed by atoms with van der Waals surface area (Å²) in [6.45, 7) is 1.78. The minimum Gasteiger partial charge on any atom is -0.497 e. The molecule has 0 heterocycles. The SMILES string of the molecule is COc1ccc2c(c1)C(Nc1ccc(C)c(F)c1)CCC2. The van der Waals surface area contributed by atoms with Crippen LogP contribution in [-0.4, -0.2) is 7.11 Å². The Morgan fingerprint density at radius 3 is 2.81 bits per heavy atom. The molecule has 21 heavy (non-hydrogen) atoms. The van der Waals surface area contributed by atoms with Crippen LogP contribution in [0.2, 0.25) is 0 Å². The van der Waals surface area contributed by atoms with Gasteiger partial charge in [-0.1, -0.05) is 12.1 Å². The zero-order valence-corrected chi connectivity index (χ0v) is 12.4. The molecular weight excluding hydrogens is 265 g/mol. The van der Waals surface area contributed by atoms with E-state index < -0.39 is 0 Å². The van der Waals surface area contributed by atoms with Crippen molar-refractivity contribution in [1.82, 2.24) is 0 Å². The van der Waals surface area contributed by atoms with Gasteiger partial charge in [-0.3, -0.25) is 0 Å². The van der Waals surface area contributed by atoms with E-state index in [4.69, 9.17) is 4.74 Å². The summed E-state index contributed by atoms with van der Waals surface area (Å²) < 4.78 is 19.0. The summed E-state index contributed by atoms with van der Waals surface area (Å²) >= 11 is 0. The molecule has 3 heteroatoms. The Morgan fingerprint density at radius 2 is 2.05 bits per heavy atom. The first-order chi connectivity index (χ1) is 10.2. The molecule has 1 aliphatic carbocycles. The highest BCUT2D eigenvalue weighted by Crippen LogP contribution is 2.34. The lowest BCUT2D eigenvalue weighted by molar-refractivity contribution is 0.413. The fourth-order valence-corrected chi connectivity index (χ4v) is 2.94. The van der Waals surface area contributed by atoms with E-state index in [0.717, 1.165) is 30.7 Å². The summed E-state index contributed by atoms with van der Waals surface area (Å²) in [5.41, 5.74) is 4.12. The molecule has 0 aromatic heterocycles. The van der Waals surface area contributed by atoms with Gasteiger partial charge in [0.1, 0.15) is 11.6 Å². The van der Waals surface area contributed by atoms with E-state index in [1.807, 2.05) is 18.2 Å². The third-order valence-electron chi connectivity index (χ3n) is 4.18. The smallest absolute Gasteiger partial charge is 0.128 e. The Kier molecular flexibility index (Phi) is 3.82. The van der Waals surface area contributed by atoms with E-state index in [0.29, 0.717) is 5.56 Å². The van der Waals surface area contributed by atoms with Crippen molar-refractivity contribution in [2.75, 3.05) is 12.4 Å². The fraction of sp³-hybridized carbons (Fsp3) is 0.333. The molecular formula is C18H20FNO. The van der Waals surface area contributed by atoms with Crippen LogP contribution < -0.4 is 10.1 Å². The quantitative estimate of drug-likeness (QED) is 0.887. The number of fused-ring (bicyclic) bond motifs is 1. The first kappa shape index (κ1) is 13.9. The van der Waals surface area contributed by atoms with Crippen LogP contribution in [0.1, 0.15) is 35.6 Å². The Bertz CT molecular complexity index is 654. The van der Waals surface area contributed by atoms with Gasteiger partial charge in [0.05, 0.1) is 13.2 Å². The largest absolute Gasteiger partial charge is 0.497 e. The second kappa shape index (κ2) is 5.76. The highest BCUT2D eigenvalue weighted by Gasteiger charge is 2.20. The summed E-state index contributed by atoms with van der Waals surface area (Å²) in [6, 6.07) is 11.8. The van der Waals surface area contributed by atoms with Crippen molar-refractivity contribution in [1.29, 1.82) is 0 Å². The van der Waals surface area contributed by atoms with Gasteiger partial charge in [0, 0.05) is 5.69 Å². The lowest BCUT2D eigenvalue weighted by atomic mass is 9.87. The molecule has 2 nitrogen and oxygen atoms in total. The van der Waals surface area contributed by atoms with Crippen molar-refractivity contribution < 1.29 is 9.13 Å². The minimum absolute atomic E-state index is 0.165. The number of hydrogen-bond donors (Lipinski definition) is 1. The van der Waals surface area contributed by atoms with Crippen LogP contribution in [0, 0.1) is 12.7 Å². The van der Waals surface area contributed by atoms with E-state index >= 15 is 0 Å². The van der Waals surface area contributed by atoms with Gasteiger partial charge in [-0.25, -0.2) is 4.39 Å². The second-order valence-corrected chi connectivity index (χ2v) is 5.62. The fourth-order valence-electron chi connectivity index (χ4n) is 2.94. The van der Waals surface area contributed by atoms with Gasteiger partial charge in [0.25, 0.3) is 0 Å². The van der Waals surface area contributed by atoms with Gasteiger partial charge in [0.2, 0.25) is 0 Å². The van der Waals surface area contributed by atoms with Crippen LogP contribution in [0.3, 0.4) is 0 Å². The van der Waals surface area contributed by atoms with E-state index in [1.54, 1.807) is 20.1 Å². The molecule has 2 aromatic carbocycles. The average molecular weight is 285 g/mol. The molecule has 2 aromatic rings. The molecule has 1 unspecified atom stereocenters. The Balaban J connectivity index is 1.88. The van der Waals surface area contributed by atoms with E-state index in [9.17, 15) is 4.39 Å². The maximum Gasteiger partial charge on any atom is 0.128 e. The third kappa shape index (κ3) is 2.87. The van der Waals surface area contributed by atoms with Crippen LogP contribution >= 0.6 is 0 Å². The molecule has 0 spiro atoms. The highest BCUT2D eigenvalue weighted by molar-refractivity contribution is 5.50. The van der Waals surface area contributed by atoms with Crippen LogP contribution in [0.5, 0.6) is 5.75 Å². The van der Waals surface area contributed by atoms with E-state index in [1.165, 1.54) is 11.1 Å². The molecule has 110 valence electrons. The Labute approximate surface area is 125 Å². The number of nitrogens with one attached hydrogen (secondary N) is 1. The van der Waals surface area contributed by atoms with Gasteiger partial charge in [0.15, 0.2) is 0 Å². The number of methoxy groups -OCH3 is 1. The zero-order valence-electron chi connectivity index (χ0n) is 12.4. The number of ether oxygens (including phenoxy) is 1. The Morgan fingerprint density at radius 1 is 1.19 bits per heavy atom. The maximum absolute atomic E-state index is 13.7. The van der Waals surface area contributed by atoms with Gasteiger partial charge in [-0.2, -0.15) is 0 Å². The standard InChI is InChI=1S/C18H20FNO/c1-12-6-8-14(10-17(12)19)20-18-5-3-4-13-7-9-15(21-2)11-16(13)18/h6-11,18,20H,3-5H2,1-2H3. The minimum atomic E-state index is -0.165. The summed E-state index contributed by atoms with van der Waals surface area (Å²) in [7, 11) is 1.68. The van der Waals surface area contributed by atoms with Crippen molar-refractivity contribution >= 4 is 5.69 Å². The van der Waals surface area contributed by atoms with Crippen molar-refractivity contribution in [3.8, 4) is 5.75 Å². The van der Waals surface area contributed by atoms with Gasteiger partial charge in [-0.15, -0.1) is 0 Å². The predicted octanol–water partition coefficient (Wildman–Crippen LogP) is 4.63. The molecule has 0 amide bonds. The molecule has 0 aliphatic heterocycles. The van der Waals surface area contributed by atoms with Crippen molar-refractivity contribution in [2.24, 2.45) is 0 Å². The van der Waals surface area contributed by atoms with Gasteiger partial charge >= 0.3 is 0 Å². The summed E-state index contributed by atoms with van der Waals surface area (Å²) in [5.74, 6) is 0.708. The van der Waals surface area contributed by atoms with E-state index in [2.05, 4.69) is 17.4 Å². The lowest BCUT2D eigenvalue weighted by Crippen LogP contribution is -2.17. The molecule has 0 bridgehead atoms. The maximum atomic E-state index is 13.7. The topological polar surface area (TPSA) is 21.3 Å². The number of rotatable bonds is 3. The normalized spacial score (nSPS) is 17.2. The number of halogens is 1. The third-order valence-corrected chi connectivity index (χ3v) is 4.18. The number of anilines is 1. The monoisotopic (exact) mass is 285 g/mol. The van der Waals surface area contributed by atoms with E-state index in [-0.39, 0.29) is 11.9 Å². The molecule has 1 aliphatic rings. The zero-order chi connectivity index (χ0) is 14.8. The van der Waals surface area contributed by atoms with Crippen LogP contribution in [0.15, 0.2) is 36.4 Å². The molecule has 0 saturated heterocycles. The first-order valence-corrected chi connectivity index (χ1v) is 7.37. The van der Waals surface area contributed by atoms with Crippen LogP contribution in [0.25, 0.3) is 0 Å². The van der Waals surface area contributed by atoms with Crippen LogP contribution in [-0.2, 0) is 6.42 Å². The Hall–Kier alpha value is -2.03.